The number of phenolic OH excluding ortho intramolecular Hbond substituents is 1. The van der Waals surface area contributed by atoms with Gasteiger partial charge in [-0.3, -0.25) is 25.2 Å². The van der Waals surface area contributed by atoms with E-state index in [4.69, 9.17) is 11.6 Å². The second-order valence-corrected chi connectivity index (χ2v) is 9.54. The molecule has 0 aliphatic heterocycles. The van der Waals surface area contributed by atoms with Crippen LogP contribution in [-0.2, 0) is 11.2 Å². The van der Waals surface area contributed by atoms with Crippen LogP contribution in [0.4, 0.5) is 4.39 Å². The van der Waals surface area contributed by atoms with Crippen molar-refractivity contribution in [3.63, 3.8) is 0 Å². The zero-order valence-electron chi connectivity index (χ0n) is 19.2. The van der Waals surface area contributed by atoms with Crippen molar-refractivity contribution in [2.24, 2.45) is 0 Å². The number of carbonyl (C=O) groups is 3. The average molecular weight is 538 g/mol. The highest BCUT2D eigenvalue weighted by molar-refractivity contribution is 7.17. The fraction of sp³-hybridized carbons (Fsp3) is 0.0741. The Morgan fingerprint density at radius 2 is 1.51 bits per heavy atom. The van der Waals surface area contributed by atoms with E-state index >= 15 is 0 Å². The van der Waals surface area contributed by atoms with Crippen LogP contribution in [0.3, 0.4) is 0 Å². The first-order valence-corrected chi connectivity index (χ1v) is 12.3. The molecule has 3 aromatic carbocycles. The molecule has 1 aromatic heterocycles. The molecule has 0 unspecified atom stereocenters. The Labute approximate surface area is 220 Å². The van der Waals surface area contributed by atoms with Crippen molar-refractivity contribution in [2.75, 3.05) is 0 Å². The number of aromatic hydroxyl groups is 1. The third-order valence-corrected chi connectivity index (χ3v) is 6.75. The number of thiophene rings is 1. The Balaban J connectivity index is 1.47. The second kappa shape index (κ2) is 11.7. The Morgan fingerprint density at radius 3 is 2.19 bits per heavy atom. The van der Waals surface area contributed by atoms with Crippen LogP contribution in [0.1, 0.15) is 25.6 Å². The Bertz CT molecular complexity index is 1410. The fourth-order valence-corrected chi connectivity index (χ4v) is 4.46. The predicted octanol–water partition coefficient (Wildman–Crippen LogP) is 4.72. The van der Waals surface area contributed by atoms with Crippen LogP contribution in [0, 0.1) is 5.82 Å². The molecular weight excluding hydrogens is 517 g/mol. The van der Waals surface area contributed by atoms with Crippen molar-refractivity contribution in [1.82, 2.24) is 16.2 Å². The summed E-state index contributed by atoms with van der Waals surface area (Å²) in [5.41, 5.74) is 6.42. The Morgan fingerprint density at radius 1 is 0.838 bits per heavy atom. The van der Waals surface area contributed by atoms with Gasteiger partial charge in [0.1, 0.15) is 17.6 Å². The number of benzene rings is 3. The summed E-state index contributed by atoms with van der Waals surface area (Å²) in [4.78, 5) is 39.5. The van der Waals surface area contributed by atoms with Gasteiger partial charge in [0.05, 0.1) is 4.88 Å². The van der Waals surface area contributed by atoms with Crippen LogP contribution in [-0.4, -0.2) is 28.9 Å². The molecule has 0 saturated heterocycles. The van der Waals surface area contributed by atoms with Gasteiger partial charge in [0.25, 0.3) is 17.7 Å². The quantitative estimate of drug-likeness (QED) is 0.256. The van der Waals surface area contributed by atoms with Gasteiger partial charge in [0.15, 0.2) is 0 Å². The standard InChI is InChI=1S/C27H21ClFN3O4S/c28-19-7-3-18(4-8-19)25(34)31-32-26(35)22(15-16-1-11-21(33)12-2-16)30-27(36)24-14-13-23(37-24)17-5-9-20(29)10-6-17/h1-14,22,33H,15H2,(H,30,36)(H,31,34)(H,32,35)/t22-/m0/s1. The van der Waals surface area contributed by atoms with E-state index in [0.29, 0.717) is 15.5 Å². The van der Waals surface area contributed by atoms with Crippen LogP contribution in [0.5, 0.6) is 5.75 Å². The minimum absolute atomic E-state index is 0.0657. The topological polar surface area (TPSA) is 108 Å². The van der Waals surface area contributed by atoms with Crippen molar-refractivity contribution in [1.29, 1.82) is 0 Å². The van der Waals surface area contributed by atoms with Crippen LogP contribution < -0.4 is 16.2 Å². The van der Waals surface area contributed by atoms with Gasteiger partial charge in [-0.25, -0.2) is 4.39 Å². The highest BCUT2D eigenvalue weighted by Gasteiger charge is 2.24. The maximum atomic E-state index is 13.2. The molecule has 1 atom stereocenters. The monoisotopic (exact) mass is 537 g/mol. The first-order valence-electron chi connectivity index (χ1n) is 11.1. The lowest BCUT2D eigenvalue weighted by atomic mass is 10.0. The molecular formula is C27H21ClFN3O4S. The van der Waals surface area contributed by atoms with Crippen molar-refractivity contribution in [3.8, 4) is 16.2 Å². The lowest BCUT2D eigenvalue weighted by Gasteiger charge is -2.19. The number of hydrogen-bond acceptors (Lipinski definition) is 5. The summed E-state index contributed by atoms with van der Waals surface area (Å²) in [6.45, 7) is 0. The molecule has 0 saturated carbocycles. The van der Waals surface area contributed by atoms with Crippen molar-refractivity contribution in [3.05, 3.63) is 112 Å². The minimum Gasteiger partial charge on any atom is -0.508 e. The van der Waals surface area contributed by atoms with E-state index in [-0.39, 0.29) is 23.6 Å². The molecule has 4 aromatic rings. The number of carbonyl (C=O) groups excluding carboxylic acids is 3. The summed E-state index contributed by atoms with van der Waals surface area (Å²) < 4.78 is 13.2. The number of phenols is 1. The summed E-state index contributed by atoms with van der Waals surface area (Å²) in [5, 5.41) is 12.7. The summed E-state index contributed by atoms with van der Waals surface area (Å²) in [5.74, 6) is -1.97. The van der Waals surface area contributed by atoms with Gasteiger partial charge in [-0.1, -0.05) is 35.9 Å². The summed E-state index contributed by atoms with van der Waals surface area (Å²) in [6.07, 6.45) is 0.102. The lowest BCUT2D eigenvalue weighted by Crippen LogP contribution is -2.53. The number of nitrogens with one attached hydrogen (secondary N) is 3. The van der Waals surface area contributed by atoms with Gasteiger partial charge in [0.2, 0.25) is 0 Å². The number of rotatable bonds is 7. The molecule has 3 amide bonds. The molecule has 188 valence electrons. The minimum atomic E-state index is -1.04. The molecule has 0 fully saturated rings. The van der Waals surface area contributed by atoms with Crippen LogP contribution in [0.15, 0.2) is 84.9 Å². The molecule has 0 aliphatic carbocycles. The van der Waals surface area contributed by atoms with Gasteiger partial charge in [0, 0.05) is 21.9 Å². The SMILES string of the molecule is O=C(NNC(=O)[C@H](Cc1ccc(O)cc1)NC(=O)c1ccc(-c2ccc(F)cc2)s1)c1ccc(Cl)cc1. The Hall–Kier alpha value is -4.21. The molecule has 4 N–H and O–H groups in total. The smallest absolute Gasteiger partial charge is 0.269 e. The van der Waals surface area contributed by atoms with Gasteiger partial charge in [-0.2, -0.15) is 0 Å². The van der Waals surface area contributed by atoms with Gasteiger partial charge >= 0.3 is 0 Å². The van der Waals surface area contributed by atoms with Crippen LogP contribution in [0.25, 0.3) is 10.4 Å². The molecule has 10 heteroatoms. The fourth-order valence-electron chi connectivity index (χ4n) is 3.41. The predicted molar refractivity (Wildman–Crippen MR) is 140 cm³/mol. The number of hydrogen-bond donors (Lipinski definition) is 4. The maximum Gasteiger partial charge on any atom is 0.269 e. The molecule has 0 spiro atoms. The summed E-state index contributed by atoms with van der Waals surface area (Å²) in [6, 6.07) is 20.6. The number of hydrazine groups is 1. The first-order chi connectivity index (χ1) is 17.8. The van der Waals surface area contributed by atoms with Gasteiger partial charge in [-0.15, -0.1) is 11.3 Å². The third kappa shape index (κ3) is 6.93. The van der Waals surface area contributed by atoms with Crippen molar-refractivity contribution < 1.29 is 23.9 Å². The van der Waals surface area contributed by atoms with Gasteiger partial charge in [-0.05, 0) is 71.8 Å². The first kappa shape index (κ1) is 25.9. The van der Waals surface area contributed by atoms with Crippen LogP contribution >= 0.6 is 22.9 Å². The second-order valence-electron chi connectivity index (χ2n) is 8.02. The summed E-state index contributed by atoms with van der Waals surface area (Å²) in [7, 11) is 0. The van der Waals surface area contributed by atoms with Gasteiger partial charge < -0.3 is 10.4 Å². The highest BCUT2D eigenvalue weighted by atomic mass is 35.5. The molecule has 37 heavy (non-hydrogen) atoms. The van der Waals surface area contributed by atoms with E-state index in [2.05, 4.69) is 16.2 Å². The number of amides is 3. The van der Waals surface area contributed by atoms with Crippen LogP contribution in [0.2, 0.25) is 5.02 Å². The summed E-state index contributed by atoms with van der Waals surface area (Å²) >= 11 is 7.04. The molecule has 1 heterocycles. The van der Waals surface area contributed by atoms with E-state index in [9.17, 15) is 23.9 Å². The third-order valence-electron chi connectivity index (χ3n) is 5.36. The average Bonchev–Trinajstić information content (AvgIpc) is 3.39. The van der Waals surface area contributed by atoms with E-state index in [1.165, 1.54) is 47.7 Å². The molecule has 7 nitrogen and oxygen atoms in total. The maximum absolute atomic E-state index is 13.2. The largest absolute Gasteiger partial charge is 0.508 e. The zero-order chi connectivity index (χ0) is 26.4. The number of halogens is 2. The molecule has 0 radical (unpaired) electrons. The van der Waals surface area contributed by atoms with E-state index in [0.717, 1.165) is 10.4 Å². The highest BCUT2D eigenvalue weighted by Crippen LogP contribution is 2.28. The van der Waals surface area contributed by atoms with Crippen molar-refractivity contribution in [2.45, 2.75) is 12.5 Å². The van der Waals surface area contributed by atoms with Crippen molar-refractivity contribution >= 4 is 40.7 Å². The lowest BCUT2D eigenvalue weighted by molar-refractivity contribution is -0.123. The normalized spacial score (nSPS) is 11.4. The van der Waals surface area contributed by atoms with E-state index < -0.39 is 23.8 Å². The van der Waals surface area contributed by atoms with E-state index in [1.807, 2.05) is 0 Å². The molecule has 4 rings (SSSR count). The zero-order valence-corrected chi connectivity index (χ0v) is 20.8. The molecule has 0 bridgehead atoms. The van der Waals surface area contributed by atoms with E-state index in [1.54, 1.807) is 48.5 Å². The Kier molecular flexibility index (Phi) is 8.17. The molecule has 0 aliphatic rings.